The Balaban J connectivity index is 2.11. The topological polar surface area (TPSA) is 75.3 Å². The second-order valence-electron chi connectivity index (χ2n) is 4.21. The first-order valence-electron chi connectivity index (χ1n) is 5.86. The van der Waals surface area contributed by atoms with E-state index in [4.69, 9.17) is 0 Å². The van der Waals surface area contributed by atoms with E-state index in [1.165, 1.54) is 0 Å². The Morgan fingerprint density at radius 3 is 2.83 bits per heavy atom. The van der Waals surface area contributed by atoms with Crippen molar-refractivity contribution in [2.75, 3.05) is 18.8 Å². The highest BCUT2D eigenvalue weighted by Gasteiger charge is 2.34. The summed E-state index contributed by atoms with van der Waals surface area (Å²) < 4.78 is 23.8. The number of hydrogen-bond donors (Lipinski definition) is 2. The quantitative estimate of drug-likeness (QED) is 0.820. The van der Waals surface area contributed by atoms with Crippen molar-refractivity contribution in [1.82, 2.24) is 10.6 Å². The standard InChI is InChI=1S/C12H16N2O3S/c1-2-13-12(15)7-14-10-8-18(16,17)11-6-4-3-5-9(10)11/h3-6,10,14H,2,7-8H2,1H3,(H,13,15). The summed E-state index contributed by atoms with van der Waals surface area (Å²) in [5.41, 5.74) is 0.752. The SMILES string of the molecule is CCNC(=O)CNC1CS(=O)(=O)c2ccccc21. The summed E-state index contributed by atoms with van der Waals surface area (Å²) in [6, 6.07) is 6.62. The van der Waals surface area contributed by atoms with Crippen LogP contribution in [0, 0.1) is 0 Å². The highest BCUT2D eigenvalue weighted by Crippen LogP contribution is 2.32. The van der Waals surface area contributed by atoms with Crippen molar-refractivity contribution in [3.8, 4) is 0 Å². The third-order valence-electron chi connectivity index (χ3n) is 2.90. The minimum Gasteiger partial charge on any atom is -0.355 e. The average molecular weight is 268 g/mol. The van der Waals surface area contributed by atoms with Gasteiger partial charge in [0.25, 0.3) is 0 Å². The number of hydrogen-bond acceptors (Lipinski definition) is 4. The number of carbonyl (C=O) groups is 1. The molecule has 1 aliphatic heterocycles. The first kappa shape index (κ1) is 13.0. The van der Waals surface area contributed by atoms with Crippen LogP contribution in [0.15, 0.2) is 29.2 Å². The normalized spacial score (nSPS) is 20.4. The van der Waals surface area contributed by atoms with Gasteiger partial charge >= 0.3 is 0 Å². The van der Waals surface area contributed by atoms with E-state index in [2.05, 4.69) is 10.6 Å². The monoisotopic (exact) mass is 268 g/mol. The molecule has 18 heavy (non-hydrogen) atoms. The van der Waals surface area contributed by atoms with E-state index in [0.717, 1.165) is 5.56 Å². The van der Waals surface area contributed by atoms with Gasteiger partial charge in [-0.3, -0.25) is 4.79 Å². The zero-order chi connectivity index (χ0) is 13.2. The number of benzene rings is 1. The fraction of sp³-hybridized carbons (Fsp3) is 0.417. The molecule has 2 rings (SSSR count). The van der Waals surface area contributed by atoms with Crippen molar-refractivity contribution < 1.29 is 13.2 Å². The highest BCUT2D eigenvalue weighted by atomic mass is 32.2. The molecule has 0 radical (unpaired) electrons. The Hall–Kier alpha value is -1.40. The van der Waals surface area contributed by atoms with Gasteiger partial charge in [0.2, 0.25) is 5.91 Å². The smallest absolute Gasteiger partial charge is 0.233 e. The van der Waals surface area contributed by atoms with Gasteiger partial charge in [-0.05, 0) is 18.6 Å². The zero-order valence-electron chi connectivity index (χ0n) is 10.1. The Bertz CT molecular complexity index is 554. The molecule has 1 amide bonds. The van der Waals surface area contributed by atoms with Gasteiger partial charge in [-0.25, -0.2) is 8.42 Å². The molecule has 5 nitrogen and oxygen atoms in total. The maximum Gasteiger partial charge on any atom is 0.233 e. The molecule has 1 atom stereocenters. The molecule has 1 heterocycles. The molecule has 6 heteroatoms. The van der Waals surface area contributed by atoms with Crippen LogP contribution in [-0.2, 0) is 14.6 Å². The van der Waals surface area contributed by atoms with Crippen LogP contribution >= 0.6 is 0 Å². The van der Waals surface area contributed by atoms with Crippen molar-refractivity contribution in [2.45, 2.75) is 17.9 Å². The largest absolute Gasteiger partial charge is 0.355 e. The first-order valence-corrected chi connectivity index (χ1v) is 7.51. The van der Waals surface area contributed by atoms with Crippen molar-refractivity contribution in [3.63, 3.8) is 0 Å². The number of nitrogens with one attached hydrogen (secondary N) is 2. The van der Waals surface area contributed by atoms with Gasteiger partial charge in [-0.15, -0.1) is 0 Å². The van der Waals surface area contributed by atoms with Gasteiger partial charge < -0.3 is 10.6 Å². The molecule has 0 bridgehead atoms. The number of amides is 1. The van der Waals surface area contributed by atoms with Gasteiger partial charge in [-0.2, -0.15) is 0 Å². The van der Waals surface area contributed by atoms with Gasteiger partial charge in [0, 0.05) is 12.6 Å². The molecular formula is C12H16N2O3S. The summed E-state index contributed by atoms with van der Waals surface area (Å²) in [4.78, 5) is 11.7. The molecule has 0 spiro atoms. The van der Waals surface area contributed by atoms with E-state index >= 15 is 0 Å². The van der Waals surface area contributed by atoms with Crippen molar-refractivity contribution in [1.29, 1.82) is 0 Å². The van der Waals surface area contributed by atoms with Crippen LogP contribution in [0.2, 0.25) is 0 Å². The van der Waals surface area contributed by atoms with Crippen molar-refractivity contribution >= 4 is 15.7 Å². The van der Waals surface area contributed by atoms with E-state index in [0.29, 0.717) is 11.4 Å². The van der Waals surface area contributed by atoms with E-state index < -0.39 is 9.84 Å². The number of rotatable bonds is 4. The molecule has 0 aliphatic carbocycles. The number of likely N-dealkylation sites (N-methyl/N-ethyl adjacent to an activating group) is 1. The third-order valence-corrected chi connectivity index (χ3v) is 4.71. The van der Waals surface area contributed by atoms with Crippen LogP contribution in [0.5, 0.6) is 0 Å². The van der Waals surface area contributed by atoms with E-state index in [1.807, 2.05) is 6.92 Å². The van der Waals surface area contributed by atoms with Gasteiger partial charge in [0.1, 0.15) is 0 Å². The van der Waals surface area contributed by atoms with Crippen molar-refractivity contribution in [3.05, 3.63) is 29.8 Å². The second kappa shape index (κ2) is 5.07. The second-order valence-corrected chi connectivity index (χ2v) is 6.21. The Labute approximate surface area is 107 Å². The minimum absolute atomic E-state index is 0.0196. The van der Waals surface area contributed by atoms with Crippen LogP contribution < -0.4 is 10.6 Å². The minimum atomic E-state index is -3.21. The van der Waals surface area contributed by atoms with Gasteiger partial charge in [0.05, 0.1) is 17.2 Å². The van der Waals surface area contributed by atoms with Gasteiger partial charge in [-0.1, -0.05) is 18.2 Å². The molecule has 0 saturated carbocycles. The molecule has 0 saturated heterocycles. The van der Waals surface area contributed by atoms with Crippen LogP contribution in [-0.4, -0.2) is 33.2 Å². The van der Waals surface area contributed by atoms with Gasteiger partial charge in [0.15, 0.2) is 9.84 Å². The Morgan fingerprint density at radius 1 is 1.39 bits per heavy atom. The molecule has 0 fully saturated rings. The van der Waals surface area contributed by atoms with E-state index in [1.54, 1.807) is 24.3 Å². The number of carbonyl (C=O) groups excluding carboxylic acids is 1. The summed E-state index contributed by atoms with van der Waals surface area (Å²) in [6.07, 6.45) is 0. The molecule has 1 aromatic rings. The number of sulfone groups is 1. The molecule has 1 aromatic carbocycles. The lowest BCUT2D eigenvalue weighted by molar-refractivity contribution is -0.120. The zero-order valence-corrected chi connectivity index (χ0v) is 11.0. The van der Waals surface area contributed by atoms with Crippen LogP contribution in [0.4, 0.5) is 0 Å². The molecule has 1 aliphatic rings. The molecule has 1 unspecified atom stereocenters. The molecule has 98 valence electrons. The van der Waals surface area contributed by atoms with Crippen LogP contribution in [0.1, 0.15) is 18.5 Å². The molecular weight excluding hydrogens is 252 g/mol. The highest BCUT2D eigenvalue weighted by molar-refractivity contribution is 7.91. The fourth-order valence-corrected chi connectivity index (χ4v) is 3.87. The van der Waals surface area contributed by atoms with Crippen LogP contribution in [0.25, 0.3) is 0 Å². The average Bonchev–Trinajstić information content (AvgIpc) is 2.60. The molecule has 0 aromatic heterocycles. The number of fused-ring (bicyclic) bond motifs is 1. The Morgan fingerprint density at radius 2 is 2.11 bits per heavy atom. The van der Waals surface area contributed by atoms with E-state index in [9.17, 15) is 13.2 Å². The van der Waals surface area contributed by atoms with E-state index in [-0.39, 0.29) is 24.2 Å². The first-order chi connectivity index (χ1) is 8.54. The summed E-state index contributed by atoms with van der Waals surface area (Å²) in [5, 5.41) is 5.65. The van der Waals surface area contributed by atoms with Crippen LogP contribution in [0.3, 0.4) is 0 Å². The molecule has 2 N–H and O–H groups in total. The lowest BCUT2D eigenvalue weighted by Gasteiger charge is -2.11. The Kier molecular flexibility index (Phi) is 3.68. The fourth-order valence-electron chi connectivity index (χ4n) is 2.10. The maximum atomic E-state index is 11.9. The summed E-state index contributed by atoms with van der Waals surface area (Å²) in [5.74, 6) is -0.106. The lowest BCUT2D eigenvalue weighted by atomic mass is 10.1. The summed E-state index contributed by atoms with van der Waals surface area (Å²) >= 11 is 0. The predicted molar refractivity (Wildman–Crippen MR) is 67.9 cm³/mol. The summed E-state index contributed by atoms with van der Waals surface area (Å²) in [7, 11) is -3.21. The van der Waals surface area contributed by atoms with Crippen molar-refractivity contribution in [2.24, 2.45) is 0 Å². The lowest BCUT2D eigenvalue weighted by Crippen LogP contribution is -2.36. The third kappa shape index (κ3) is 2.54. The maximum absolute atomic E-state index is 11.9. The predicted octanol–water partition coefficient (Wildman–Crippen LogP) is 0.241. The summed E-state index contributed by atoms with van der Waals surface area (Å²) in [6.45, 7) is 2.54.